The van der Waals surface area contributed by atoms with Gasteiger partial charge in [0.25, 0.3) is 5.56 Å². The van der Waals surface area contributed by atoms with Crippen LogP contribution in [0, 0.1) is 0 Å². The van der Waals surface area contributed by atoms with Crippen molar-refractivity contribution >= 4 is 15.9 Å². The van der Waals surface area contributed by atoms with Crippen LogP contribution in [0.4, 0.5) is 0 Å². The Morgan fingerprint density at radius 3 is 2.47 bits per heavy atom. The van der Waals surface area contributed by atoms with Crippen molar-refractivity contribution in [3.8, 4) is 0 Å². The van der Waals surface area contributed by atoms with Crippen LogP contribution in [0.1, 0.15) is 26.7 Å². The molecule has 0 bridgehead atoms. The predicted molar refractivity (Wildman–Crippen MR) is 113 cm³/mol. The van der Waals surface area contributed by atoms with E-state index in [2.05, 4.69) is 4.90 Å². The Balaban J connectivity index is 1.62. The second kappa shape index (κ2) is 10.0. The number of carbonyl (C=O) groups is 1. The third-order valence-electron chi connectivity index (χ3n) is 5.82. The SMILES string of the molecule is CCN(CC)S(=O)(=O)c1ccc(=O)n(CC(=O)N2CCN(CC3CCCO3)CC2)c1. The molecule has 10 heteroatoms. The average Bonchev–Trinajstić information content (AvgIpc) is 3.23. The summed E-state index contributed by atoms with van der Waals surface area (Å²) in [5.74, 6) is -0.175. The third-order valence-corrected chi connectivity index (χ3v) is 7.85. The Bertz CT molecular complexity index is 883. The summed E-state index contributed by atoms with van der Waals surface area (Å²) in [6.07, 6.45) is 3.78. The van der Waals surface area contributed by atoms with Gasteiger partial charge in [-0.25, -0.2) is 8.42 Å². The zero-order valence-electron chi connectivity index (χ0n) is 17.8. The van der Waals surface area contributed by atoms with E-state index in [-0.39, 0.29) is 22.9 Å². The van der Waals surface area contributed by atoms with Gasteiger partial charge in [0.1, 0.15) is 6.54 Å². The fraction of sp³-hybridized carbons (Fsp3) is 0.700. The molecule has 30 heavy (non-hydrogen) atoms. The number of carbonyl (C=O) groups excluding carboxylic acids is 1. The van der Waals surface area contributed by atoms with E-state index in [4.69, 9.17) is 4.74 Å². The van der Waals surface area contributed by atoms with Crippen molar-refractivity contribution in [1.29, 1.82) is 0 Å². The van der Waals surface area contributed by atoms with Gasteiger partial charge in [-0.2, -0.15) is 4.31 Å². The normalized spacial score (nSPS) is 20.8. The molecule has 0 saturated carbocycles. The molecule has 1 amide bonds. The lowest BCUT2D eigenvalue weighted by Gasteiger charge is -2.35. The number of rotatable bonds is 8. The summed E-state index contributed by atoms with van der Waals surface area (Å²) in [7, 11) is -3.69. The maximum Gasteiger partial charge on any atom is 0.251 e. The number of aromatic nitrogens is 1. The molecule has 0 N–H and O–H groups in total. The molecule has 2 fully saturated rings. The summed E-state index contributed by atoms with van der Waals surface area (Å²) < 4.78 is 33.6. The molecule has 1 aromatic heterocycles. The largest absolute Gasteiger partial charge is 0.377 e. The third kappa shape index (κ3) is 5.29. The zero-order valence-corrected chi connectivity index (χ0v) is 18.6. The minimum atomic E-state index is -3.69. The van der Waals surface area contributed by atoms with E-state index in [1.54, 1.807) is 18.7 Å². The predicted octanol–water partition coefficient (Wildman–Crippen LogP) is 0.202. The standard InChI is InChI=1S/C20H32N4O5S/c1-3-24(4-2)30(27,28)18-7-8-19(25)23(15-18)16-20(26)22-11-9-21(10-12-22)14-17-6-5-13-29-17/h7-8,15,17H,3-6,9-14,16H2,1-2H3. The number of hydrogen-bond donors (Lipinski definition) is 0. The van der Waals surface area contributed by atoms with Gasteiger partial charge < -0.3 is 14.2 Å². The van der Waals surface area contributed by atoms with Crippen LogP contribution in [0.3, 0.4) is 0 Å². The first-order valence-corrected chi connectivity index (χ1v) is 12.1. The number of amides is 1. The molecular formula is C20H32N4O5S. The monoisotopic (exact) mass is 440 g/mol. The van der Waals surface area contributed by atoms with Gasteiger partial charge in [0.15, 0.2) is 0 Å². The molecule has 1 aromatic rings. The van der Waals surface area contributed by atoms with E-state index < -0.39 is 10.0 Å². The Morgan fingerprint density at radius 1 is 1.17 bits per heavy atom. The lowest BCUT2D eigenvalue weighted by Crippen LogP contribution is -2.51. The quantitative estimate of drug-likeness (QED) is 0.574. The summed E-state index contributed by atoms with van der Waals surface area (Å²) in [4.78, 5) is 29.1. The lowest BCUT2D eigenvalue weighted by atomic mass is 10.2. The first-order chi connectivity index (χ1) is 14.3. The van der Waals surface area contributed by atoms with Gasteiger partial charge in [-0.3, -0.25) is 14.5 Å². The number of ether oxygens (including phenoxy) is 1. The van der Waals surface area contributed by atoms with Crippen LogP contribution in [0.15, 0.2) is 28.0 Å². The van der Waals surface area contributed by atoms with Crippen molar-refractivity contribution in [2.24, 2.45) is 0 Å². The van der Waals surface area contributed by atoms with E-state index >= 15 is 0 Å². The second-order valence-corrected chi connectivity index (χ2v) is 9.67. The molecule has 2 aliphatic heterocycles. The molecule has 1 unspecified atom stereocenters. The van der Waals surface area contributed by atoms with E-state index in [0.29, 0.717) is 32.3 Å². The molecule has 2 aliphatic rings. The van der Waals surface area contributed by atoms with E-state index in [0.717, 1.165) is 39.1 Å². The van der Waals surface area contributed by atoms with Crippen LogP contribution in [0.25, 0.3) is 0 Å². The van der Waals surface area contributed by atoms with Crippen LogP contribution in [0.2, 0.25) is 0 Å². The van der Waals surface area contributed by atoms with Gasteiger partial charge in [-0.1, -0.05) is 13.8 Å². The maximum atomic E-state index is 12.7. The van der Waals surface area contributed by atoms with Crippen LogP contribution >= 0.6 is 0 Å². The van der Waals surface area contributed by atoms with Gasteiger partial charge in [0, 0.05) is 64.7 Å². The summed E-state index contributed by atoms with van der Waals surface area (Å²) in [6, 6.07) is 2.52. The van der Waals surface area contributed by atoms with Crippen LogP contribution < -0.4 is 5.56 Å². The summed E-state index contributed by atoms with van der Waals surface area (Å²) in [6.45, 7) is 8.52. The molecule has 3 rings (SSSR count). The molecule has 0 aliphatic carbocycles. The highest BCUT2D eigenvalue weighted by atomic mass is 32.2. The van der Waals surface area contributed by atoms with Crippen molar-refractivity contribution in [3.05, 3.63) is 28.7 Å². The Kier molecular flexibility index (Phi) is 7.67. The fourth-order valence-electron chi connectivity index (χ4n) is 4.00. The number of hydrogen-bond acceptors (Lipinski definition) is 6. The highest BCUT2D eigenvalue weighted by molar-refractivity contribution is 7.89. The minimum Gasteiger partial charge on any atom is -0.377 e. The zero-order chi connectivity index (χ0) is 21.7. The van der Waals surface area contributed by atoms with Crippen molar-refractivity contribution < 1.29 is 17.9 Å². The highest BCUT2D eigenvalue weighted by Gasteiger charge is 2.26. The van der Waals surface area contributed by atoms with E-state index in [1.807, 2.05) is 0 Å². The first kappa shape index (κ1) is 22.9. The average molecular weight is 441 g/mol. The maximum absolute atomic E-state index is 12.7. The summed E-state index contributed by atoms with van der Waals surface area (Å²) in [5.41, 5.74) is -0.390. The second-order valence-electron chi connectivity index (χ2n) is 7.74. The molecule has 3 heterocycles. The topological polar surface area (TPSA) is 92.2 Å². The van der Waals surface area contributed by atoms with E-state index in [1.165, 1.54) is 27.2 Å². The number of nitrogens with zero attached hydrogens (tertiary/aromatic N) is 4. The highest BCUT2D eigenvalue weighted by Crippen LogP contribution is 2.15. The molecular weight excluding hydrogens is 408 g/mol. The molecule has 0 radical (unpaired) electrons. The number of piperazine rings is 1. The van der Waals surface area contributed by atoms with Crippen molar-refractivity contribution in [2.75, 3.05) is 52.4 Å². The van der Waals surface area contributed by atoms with Gasteiger partial charge >= 0.3 is 0 Å². The van der Waals surface area contributed by atoms with Gasteiger partial charge in [0.05, 0.1) is 11.0 Å². The molecule has 9 nitrogen and oxygen atoms in total. The van der Waals surface area contributed by atoms with Gasteiger partial charge in [-0.05, 0) is 18.9 Å². The van der Waals surface area contributed by atoms with Crippen molar-refractivity contribution in [1.82, 2.24) is 18.7 Å². The number of sulfonamides is 1. The van der Waals surface area contributed by atoms with E-state index in [9.17, 15) is 18.0 Å². The van der Waals surface area contributed by atoms with Crippen LogP contribution in [-0.2, 0) is 26.1 Å². The van der Waals surface area contributed by atoms with Gasteiger partial charge in [0.2, 0.25) is 15.9 Å². The van der Waals surface area contributed by atoms with Gasteiger partial charge in [-0.15, -0.1) is 0 Å². The molecule has 2 saturated heterocycles. The molecule has 1 atom stereocenters. The summed E-state index contributed by atoms with van der Waals surface area (Å²) in [5, 5.41) is 0. The Morgan fingerprint density at radius 2 is 1.87 bits per heavy atom. The first-order valence-electron chi connectivity index (χ1n) is 10.7. The summed E-state index contributed by atoms with van der Waals surface area (Å²) >= 11 is 0. The number of pyridine rings is 1. The molecule has 0 spiro atoms. The fourth-order valence-corrected chi connectivity index (χ4v) is 5.48. The van der Waals surface area contributed by atoms with Crippen LogP contribution in [0.5, 0.6) is 0 Å². The molecule has 0 aromatic carbocycles. The van der Waals surface area contributed by atoms with Crippen molar-refractivity contribution in [3.63, 3.8) is 0 Å². The smallest absolute Gasteiger partial charge is 0.251 e. The Hall–Kier alpha value is -1.75. The lowest BCUT2D eigenvalue weighted by molar-refractivity contribution is -0.133. The molecule has 168 valence electrons. The van der Waals surface area contributed by atoms with Crippen LogP contribution in [-0.4, -0.2) is 91.5 Å². The van der Waals surface area contributed by atoms with Crippen molar-refractivity contribution in [2.45, 2.75) is 44.2 Å². The minimum absolute atomic E-state index is 0.0278. The Labute approximate surface area is 178 Å².